The average Bonchev–Trinajstić information content (AvgIpc) is 2.46. The monoisotopic (exact) mass is 281 g/mol. The number of carbonyl (C=O) groups excluding carboxylic acids is 1. The Balaban J connectivity index is 2.33. The zero-order valence-corrected chi connectivity index (χ0v) is 12.0. The van der Waals surface area contributed by atoms with Crippen molar-refractivity contribution in [3.05, 3.63) is 29.8 Å². The Morgan fingerprint density at radius 3 is 2.50 bits per heavy atom. The van der Waals surface area contributed by atoms with E-state index in [1.807, 2.05) is 6.92 Å². The molecule has 0 bridgehead atoms. The normalized spacial score (nSPS) is 13.8. The lowest BCUT2D eigenvalue weighted by atomic mass is 10.1. The number of benzene rings is 1. The largest absolute Gasteiger partial charge is 0.491 e. The molecule has 0 spiro atoms. The minimum absolute atomic E-state index is 0.000463. The van der Waals surface area contributed by atoms with Crippen LogP contribution in [0.15, 0.2) is 24.3 Å². The second-order valence-corrected chi connectivity index (χ2v) is 4.74. The third kappa shape index (κ3) is 5.69. The Labute approximate surface area is 119 Å². The fourth-order valence-corrected chi connectivity index (χ4v) is 1.68. The highest BCUT2D eigenvalue weighted by Gasteiger charge is 2.09. The number of hydrogen-bond acceptors (Lipinski definition) is 5. The number of hydrogen-bond donors (Lipinski definition) is 3. The van der Waals surface area contributed by atoms with Gasteiger partial charge in [0.2, 0.25) is 0 Å². The van der Waals surface area contributed by atoms with Gasteiger partial charge in [0.1, 0.15) is 18.5 Å². The Kier molecular flexibility index (Phi) is 7.22. The molecule has 0 aliphatic heterocycles. The Morgan fingerprint density at radius 1 is 1.35 bits per heavy atom. The van der Waals surface area contributed by atoms with Crippen LogP contribution in [0.4, 0.5) is 0 Å². The van der Waals surface area contributed by atoms with Crippen LogP contribution in [0.1, 0.15) is 30.6 Å². The van der Waals surface area contributed by atoms with Crippen molar-refractivity contribution in [1.82, 2.24) is 5.32 Å². The van der Waals surface area contributed by atoms with Gasteiger partial charge in [0, 0.05) is 18.2 Å². The highest BCUT2D eigenvalue weighted by molar-refractivity contribution is 5.94. The number of rotatable bonds is 9. The molecule has 0 saturated heterocycles. The number of Topliss-reactive ketones (excluding diaryl/α,β-unsaturated/α-hetero) is 1. The van der Waals surface area contributed by atoms with E-state index in [0.29, 0.717) is 17.9 Å². The number of nitrogens with one attached hydrogen (secondary N) is 1. The zero-order chi connectivity index (χ0) is 15.0. The highest BCUT2D eigenvalue weighted by Crippen LogP contribution is 2.12. The minimum Gasteiger partial charge on any atom is -0.491 e. The van der Waals surface area contributed by atoms with E-state index in [4.69, 9.17) is 9.84 Å². The van der Waals surface area contributed by atoms with Gasteiger partial charge in [-0.2, -0.15) is 0 Å². The molecule has 0 saturated carbocycles. The molecule has 5 heteroatoms. The summed E-state index contributed by atoms with van der Waals surface area (Å²) >= 11 is 0. The van der Waals surface area contributed by atoms with Crippen LogP contribution in [0, 0.1) is 0 Å². The topological polar surface area (TPSA) is 78.8 Å². The molecular formula is C15H23NO4. The van der Waals surface area contributed by atoms with Gasteiger partial charge in [-0.15, -0.1) is 0 Å². The van der Waals surface area contributed by atoms with Gasteiger partial charge < -0.3 is 20.3 Å². The maximum Gasteiger partial charge on any atom is 0.159 e. The van der Waals surface area contributed by atoms with E-state index in [1.165, 1.54) is 6.92 Å². The van der Waals surface area contributed by atoms with E-state index in [0.717, 1.165) is 6.42 Å². The maximum atomic E-state index is 11.1. The number of ether oxygens (including phenoxy) is 1. The number of ketones is 1. The second-order valence-electron chi connectivity index (χ2n) is 4.74. The third-order valence-corrected chi connectivity index (χ3v) is 3.06. The molecule has 0 fully saturated rings. The first-order valence-corrected chi connectivity index (χ1v) is 6.83. The van der Waals surface area contributed by atoms with Gasteiger partial charge in [-0.1, -0.05) is 6.92 Å². The Hall–Kier alpha value is -1.43. The van der Waals surface area contributed by atoms with Crippen LogP contribution in [-0.2, 0) is 0 Å². The lowest BCUT2D eigenvalue weighted by Crippen LogP contribution is -2.39. The summed E-state index contributed by atoms with van der Waals surface area (Å²) in [4.78, 5) is 11.1. The van der Waals surface area contributed by atoms with Crippen LogP contribution in [-0.4, -0.2) is 47.9 Å². The van der Waals surface area contributed by atoms with Crippen LogP contribution in [0.25, 0.3) is 0 Å². The molecule has 0 aromatic heterocycles. The van der Waals surface area contributed by atoms with Crippen molar-refractivity contribution in [3.63, 3.8) is 0 Å². The third-order valence-electron chi connectivity index (χ3n) is 3.06. The van der Waals surface area contributed by atoms with Gasteiger partial charge in [0.05, 0.1) is 6.61 Å². The maximum absolute atomic E-state index is 11.1. The van der Waals surface area contributed by atoms with Gasteiger partial charge in [-0.3, -0.25) is 4.79 Å². The molecule has 112 valence electrons. The summed E-state index contributed by atoms with van der Waals surface area (Å²) in [5, 5.41) is 21.8. The minimum atomic E-state index is -0.650. The first-order valence-electron chi connectivity index (χ1n) is 6.83. The fourth-order valence-electron chi connectivity index (χ4n) is 1.68. The summed E-state index contributed by atoms with van der Waals surface area (Å²) in [6.45, 7) is 4.05. The van der Waals surface area contributed by atoms with Gasteiger partial charge >= 0.3 is 0 Å². The van der Waals surface area contributed by atoms with E-state index in [9.17, 15) is 9.90 Å². The molecule has 1 aromatic carbocycles. The molecule has 1 aromatic rings. The van der Waals surface area contributed by atoms with Crippen LogP contribution < -0.4 is 10.1 Å². The summed E-state index contributed by atoms with van der Waals surface area (Å²) in [5.41, 5.74) is 0.633. The first kappa shape index (κ1) is 16.6. The molecule has 2 atom stereocenters. The summed E-state index contributed by atoms with van der Waals surface area (Å²) < 4.78 is 5.44. The smallest absolute Gasteiger partial charge is 0.159 e. The first-order chi connectivity index (χ1) is 9.56. The molecule has 20 heavy (non-hydrogen) atoms. The van der Waals surface area contributed by atoms with E-state index >= 15 is 0 Å². The van der Waals surface area contributed by atoms with Crippen molar-refractivity contribution < 1.29 is 19.7 Å². The molecule has 0 aliphatic rings. The lowest BCUT2D eigenvalue weighted by Gasteiger charge is -2.17. The van der Waals surface area contributed by atoms with Crippen molar-refractivity contribution in [1.29, 1.82) is 0 Å². The molecule has 1 rings (SSSR count). The SMILES string of the molecule is CCC(CO)NCC(O)COc1ccc(C(C)=O)cc1. The van der Waals surface area contributed by atoms with E-state index in [1.54, 1.807) is 24.3 Å². The molecular weight excluding hydrogens is 258 g/mol. The lowest BCUT2D eigenvalue weighted by molar-refractivity contribution is 0.0990. The van der Waals surface area contributed by atoms with Gasteiger partial charge in [0.25, 0.3) is 0 Å². The van der Waals surface area contributed by atoms with Gasteiger partial charge in [-0.25, -0.2) is 0 Å². The molecule has 0 amide bonds. The molecule has 5 nitrogen and oxygen atoms in total. The molecule has 3 N–H and O–H groups in total. The molecule has 0 aliphatic carbocycles. The van der Waals surface area contributed by atoms with E-state index in [-0.39, 0.29) is 25.0 Å². The Morgan fingerprint density at radius 2 is 2.00 bits per heavy atom. The predicted molar refractivity (Wildman–Crippen MR) is 77.1 cm³/mol. The van der Waals surface area contributed by atoms with E-state index < -0.39 is 6.10 Å². The standard InChI is InChI=1S/C15H23NO4/c1-3-13(9-17)16-8-14(19)10-20-15-6-4-12(5-7-15)11(2)18/h4-7,13-14,16-17,19H,3,8-10H2,1-2H3. The summed E-state index contributed by atoms with van der Waals surface area (Å²) in [5.74, 6) is 0.624. The summed E-state index contributed by atoms with van der Waals surface area (Å²) in [6, 6.07) is 6.81. The van der Waals surface area contributed by atoms with Crippen molar-refractivity contribution >= 4 is 5.78 Å². The summed E-state index contributed by atoms with van der Waals surface area (Å²) in [7, 11) is 0. The quantitative estimate of drug-likeness (QED) is 0.588. The predicted octanol–water partition coefficient (Wildman–Crippen LogP) is 0.989. The van der Waals surface area contributed by atoms with Gasteiger partial charge in [-0.05, 0) is 37.6 Å². The van der Waals surface area contributed by atoms with Crippen LogP contribution >= 0.6 is 0 Å². The number of carbonyl (C=O) groups is 1. The molecule has 0 heterocycles. The van der Waals surface area contributed by atoms with Crippen molar-refractivity contribution in [2.45, 2.75) is 32.4 Å². The summed E-state index contributed by atoms with van der Waals surface area (Å²) in [6.07, 6.45) is 0.152. The van der Waals surface area contributed by atoms with Crippen molar-refractivity contribution in [3.8, 4) is 5.75 Å². The van der Waals surface area contributed by atoms with Crippen molar-refractivity contribution in [2.24, 2.45) is 0 Å². The number of aliphatic hydroxyl groups is 2. The molecule has 2 unspecified atom stereocenters. The number of aliphatic hydroxyl groups excluding tert-OH is 2. The van der Waals surface area contributed by atoms with Crippen LogP contribution in [0.3, 0.4) is 0 Å². The van der Waals surface area contributed by atoms with E-state index in [2.05, 4.69) is 5.32 Å². The van der Waals surface area contributed by atoms with Crippen molar-refractivity contribution in [2.75, 3.05) is 19.8 Å². The molecule has 0 radical (unpaired) electrons. The van der Waals surface area contributed by atoms with Crippen LogP contribution in [0.5, 0.6) is 5.75 Å². The second kappa shape index (κ2) is 8.68. The van der Waals surface area contributed by atoms with Crippen LogP contribution in [0.2, 0.25) is 0 Å². The van der Waals surface area contributed by atoms with Gasteiger partial charge in [0.15, 0.2) is 5.78 Å². The highest BCUT2D eigenvalue weighted by atomic mass is 16.5. The average molecular weight is 281 g/mol. The zero-order valence-electron chi connectivity index (χ0n) is 12.0. The Bertz CT molecular complexity index is 401. The fraction of sp³-hybridized carbons (Fsp3) is 0.533.